The monoisotopic (exact) mass is 353 g/mol. The summed E-state index contributed by atoms with van der Waals surface area (Å²) in [4.78, 5) is 48.3. The molecule has 1 aliphatic heterocycles. The van der Waals surface area contributed by atoms with Crippen LogP contribution in [0.3, 0.4) is 0 Å². The van der Waals surface area contributed by atoms with Crippen LogP contribution >= 0.6 is 0 Å². The predicted molar refractivity (Wildman–Crippen MR) is 89.4 cm³/mol. The third kappa shape index (κ3) is 4.49. The fourth-order valence-electron chi connectivity index (χ4n) is 3.32. The molecular weight excluding hydrogens is 326 g/mol. The van der Waals surface area contributed by atoms with Crippen molar-refractivity contribution in [3.63, 3.8) is 0 Å². The lowest BCUT2D eigenvalue weighted by Gasteiger charge is -2.34. The largest absolute Gasteiger partial charge is 0.454 e. The molecule has 8 heteroatoms. The van der Waals surface area contributed by atoms with Crippen molar-refractivity contribution in [1.29, 1.82) is 0 Å². The first kappa shape index (κ1) is 19.2. The second kappa shape index (κ2) is 7.41. The van der Waals surface area contributed by atoms with E-state index in [1.54, 1.807) is 13.8 Å². The predicted octanol–water partition coefficient (Wildman–Crippen LogP) is 0.801. The molecule has 0 aromatic rings. The first-order chi connectivity index (χ1) is 11.6. The summed E-state index contributed by atoms with van der Waals surface area (Å²) in [5.41, 5.74) is -1.04. The van der Waals surface area contributed by atoms with Crippen LogP contribution in [-0.4, -0.2) is 53.4 Å². The molecule has 8 nitrogen and oxygen atoms in total. The van der Waals surface area contributed by atoms with Crippen molar-refractivity contribution < 1.29 is 23.9 Å². The smallest absolute Gasteiger partial charge is 0.326 e. The summed E-state index contributed by atoms with van der Waals surface area (Å²) in [7, 11) is 0. The lowest BCUT2D eigenvalue weighted by atomic mass is 9.78. The maximum atomic E-state index is 12.0. The van der Waals surface area contributed by atoms with Crippen molar-refractivity contribution in [2.75, 3.05) is 13.2 Å². The average Bonchev–Trinajstić information content (AvgIpc) is 2.72. The van der Waals surface area contributed by atoms with Crippen molar-refractivity contribution in [3.05, 3.63) is 0 Å². The number of carbonyl (C=O) groups excluding carboxylic acids is 4. The molecule has 1 heterocycles. The molecule has 3 atom stereocenters. The first-order valence-corrected chi connectivity index (χ1v) is 8.71. The maximum Gasteiger partial charge on any atom is 0.326 e. The number of hydrogen-bond acceptors (Lipinski definition) is 5. The molecule has 25 heavy (non-hydrogen) atoms. The second-order valence-electron chi connectivity index (χ2n) is 7.55. The Balaban J connectivity index is 1.77. The zero-order chi connectivity index (χ0) is 18.8. The van der Waals surface area contributed by atoms with Gasteiger partial charge in [-0.15, -0.1) is 0 Å². The Morgan fingerprint density at radius 2 is 1.96 bits per heavy atom. The van der Waals surface area contributed by atoms with Crippen LogP contribution in [0.4, 0.5) is 4.79 Å². The van der Waals surface area contributed by atoms with Gasteiger partial charge in [0.15, 0.2) is 6.61 Å². The Bertz CT molecular complexity index is 575. The Kier molecular flexibility index (Phi) is 5.69. The standard InChI is InChI=1S/C17H27N3O5/c1-10-6-5-7-12(11(10)2)18-13(21)9-25-14(22)8-20-15(23)17(3,4)19-16(20)24/h10-12H,5-9H2,1-4H3,(H,18,21)(H,19,24)/t10-,11-,12+/m1/s1. The molecule has 0 spiro atoms. The average molecular weight is 353 g/mol. The lowest BCUT2D eigenvalue weighted by Crippen LogP contribution is -2.45. The van der Waals surface area contributed by atoms with E-state index in [4.69, 9.17) is 4.74 Å². The second-order valence-corrected chi connectivity index (χ2v) is 7.55. The molecule has 1 aliphatic carbocycles. The third-order valence-corrected chi connectivity index (χ3v) is 5.15. The van der Waals surface area contributed by atoms with E-state index < -0.39 is 36.6 Å². The van der Waals surface area contributed by atoms with E-state index in [0.29, 0.717) is 11.8 Å². The zero-order valence-corrected chi connectivity index (χ0v) is 15.3. The van der Waals surface area contributed by atoms with Gasteiger partial charge in [0.05, 0.1) is 0 Å². The van der Waals surface area contributed by atoms with Gasteiger partial charge >= 0.3 is 12.0 Å². The van der Waals surface area contributed by atoms with Crippen LogP contribution in [0.15, 0.2) is 0 Å². The summed E-state index contributed by atoms with van der Waals surface area (Å²) < 4.78 is 4.91. The van der Waals surface area contributed by atoms with Crippen LogP contribution in [0.5, 0.6) is 0 Å². The van der Waals surface area contributed by atoms with E-state index in [1.165, 1.54) is 0 Å². The Labute approximate surface area is 147 Å². The van der Waals surface area contributed by atoms with Gasteiger partial charge in [-0.3, -0.25) is 19.3 Å². The third-order valence-electron chi connectivity index (χ3n) is 5.15. The SMILES string of the molecule is C[C@@H]1[C@H](C)CCC[C@@H]1NC(=O)COC(=O)CN1C(=O)NC(C)(C)C1=O. The number of amides is 4. The van der Waals surface area contributed by atoms with Gasteiger partial charge in [0.1, 0.15) is 12.1 Å². The van der Waals surface area contributed by atoms with Gasteiger partial charge in [-0.2, -0.15) is 0 Å². The summed E-state index contributed by atoms with van der Waals surface area (Å²) in [5, 5.41) is 5.38. The lowest BCUT2D eigenvalue weighted by molar-refractivity contribution is -0.151. The maximum absolute atomic E-state index is 12.0. The van der Waals surface area contributed by atoms with E-state index >= 15 is 0 Å². The number of nitrogens with zero attached hydrogens (tertiary/aromatic N) is 1. The van der Waals surface area contributed by atoms with Gasteiger partial charge in [-0.25, -0.2) is 4.79 Å². The Morgan fingerprint density at radius 1 is 1.28 bits per heavy atom. The minimum absolute atomic E-state index is 0.0849. The van der Waals surface area contributed by atoms with Crippen LogP contribution in [0.25, 0.3) is 0 Å². The molecule has 140 valence electrons. The molecule has 2 fully saturated rings. The first-order valence-electron chi connectivity index (χ1n) is 8.71. The Hall–Kier alpha value is -2.12. The van der Waals surface area contributed by atoms with E-state index in [-0.39, 0.29) is 11.9 Å². The van der Waals surface area contributed by atoms with Crippen molar-refractivity contribution in [1.82, 2.24) is 15.5 Å². The molecule has 0 unspecified atom stereocenters. The summed E-state index contributed by atoms with van der Waals surface area (Å²) in [6.07, 6.45) is 3.14. The normalized spacial score (nSPS) is 28.5. The van der Waals surface area contributed by atoms with Gasteiger partial charge < -0.3 is 15.4 Å². The molecule has 0 aromatic heterocycles. The molecule has 0 aromatic carbocycles. The van der Waals surface area contributed by atoms with Gasteiger partial charge in [-0.1, -0.05) is 26.7 Å². The summed E-state index contributed by atoms with van der Waals surface area (Å²) in [6, 6.07) is -0.553. The molecule has 2 rings (SSSR count). The Morgan fingerprint density at radius 3 is 2.56 bits per heavy atom. The van der Waals surface area contributed by atoms with E-state index in [1.807, 2.05) is 0 Å². The number of nitrogens with one attached hydrogen (secondary N) is 2. The molecule has 2 N–H and O–H groups in total. The number of hydrogen-bond donors (Lipinski definition) is 2. The highest BCUT2D eigenvalue weighted by Crippen LogP contribution is 2.29. The van der Waals surface area contributed by atoms with Gasteiger partial charge in [0, 0.05) is 6.04 Å². The molecule has 1 saturated heterocycles. The van der Waals surface area contributed by atoms with E-state index in [0.717, 1.165) is 24.2 Å². The molecule has 4 amide bonds. The quantitative estimate of drug-likeness (QED) is 0.562. The molecule has 0 bridgehead atoms. The van der Waals surface area contributed by atoms with Gasteiger partial charge in [0.2, 0.25) is 0 Å². The van der Waals surface area contributed by atoms with E-state index in [9.17, 15) is 19.2 Å². The summed E-state index contributed by atoms with van der Waals surface area (Å²) in [6.45, 7) is 6.47. The highest BCUT2D eigenvalue weighted by Gasteiger charge is 2.45. The number of imide groups is 1. The zero-order valence-electron chi connectivity index (χ0n) is 15.3. The van der Waals surface area contributed by atoms with E-state index in [2.05, 4.69) is 24.5 Å². The van der Waals surface area contributed by atoms with Crippen LogP contribution in [0.1, 0.15) is 47.0 Å². The summed E-state index contributed by atoms with van der Waals surface area (Å²) >= 11 is 0. The van der Waals surface area contributed by atoms with Crippen LogP contribution in [0, 0.1) is 11.8 Å². The number of esters is 1. The number of carbonyl (C=O) groups is 4. The van der Waals surface area contributed by atoms with Crippen molar-refractivity contribution in [2.24, 2.45) is 11.8 Å². The minimum Gasteiger partial charge on any atom is -0.454 e. The van der Waals surface area contributed by atoms with Gasteiger partial charge in [-0.05, 0) is 32.1 Å². The number of urea groups is 1. The number of ether oxygens (including phenoxy) is 1. The topological polar surface area (TPSA) is 105 Å². The minimum atomic E-state index is -1.04. The van der Waals surface area contributed by atoms with Gasteiger partial charge in [0.25, 0.3) is 11.8 Å². The van der Waals surface area contributed by atoms with Crippen LogP contribution in [0.2, 0.25) is 0 Å². The summed E-state index contributed by atoms with van der Waals surface area (Å²) in [5.74, 6) is -0.728. The molecule has 2 aliphatic rings. The highest BCUT2D eigenvalue weighted by molar-refractivity contribution is 6.08. The van der Waals surface area contributed by atoms with Crippen LogP contribution in [-0.2, 0) is 19.1 Å². The van der Waals surface area contributed by atoms with Crippen molar-refractivity contribution in [3.8, 4) is 0 Å². The molecule has 1 saturated carbocycles. The van der Waals surface area contributed by atoms with Crippen molar-refractivity contribution in [2.45, 2.75) is 58.5 Å². The van der Waals surface area contributed by atoms with Crippen LogP contribution < -0.4 is 10.6 Å². The molecular formula is C17H27N3O5. The molecule has 0 radical (unpaired) electrons. The highest BCUT2D eigenvalue weighted by atomic mass is 16.5. The number of rotatable bonds is 5. The van der Waals surface area contributed by atoms with Crippen molar-refractivity contribution >= 4 is 23.8 Å². The fourth-order valence-corrected chi connectivity index (χ4v) is 3.32. The fraction of sp³-hybridized carbons (Fsp3) is 0.765.